The van der Waals surface area contributed by atoms with Gasteiger partial charge in [-0.05, 0) is 78.4 Å². The minimum absolute atomic E-state index is 0.543. The van der Waals surface area contributed by atoms with Gasteiger partial charge < -0.3 is 10.1 Å². The Balaban J connectivity index is 1.39. The Hall–Kier alpha value is -1.47. The van der Waals surface area contributed by atoms with Gasteiger partial charge in [-0.2, -0.15) is 11.3 Å². The van der Waals surface area contributed by atoms with Crippen LogP contribution in [0.2, 0.25) is 0 Å². The maximum Gasteiger partial charge on any atom is 0.120 e. The molecule has 3 aromatic rings. The first-order valence-corrected chi connectivity index (χ1v) is 11.4. The van der Waals surface area contributed by atoms with Crippen LogP contribution in [-0.2, 0) is 13.1 Å². The second-order valence-corrected chi connectivity index (χ2v) is 9.71. The highest BCUT2D eigenvalue weighted by molar-refractivity contribution is 7.18. The van der Waals surface area contributed by atoms with Gasteiger partial charge in [0.2, 0.25) is 0 Å². The summed E-state index contributed by atoms with van der Waals surface area (Å²) < 4.78 is 6.58. The predicted molar refractivity (Wildman–Crippen MR) is 113 cm³/mol. The molecule has 1 aliphatic heterocycles. The van der Waals surface area contributed by atoms with Crippen LogP contribution in [0, 0.1) is 5.41 Å². The molecule has 2 aromatic heterocycles. The van der Waals surface area contributed by atoms with E-state index in [0.29, 0.717) is 11.5 Å². The first kappa shape index (κ1) is 17.6. The van der Waals surface area contributed by atoms with Crippen molar-refractivity contribution in [3.63, 3.8) is 0 Å². The van der Waals surface area contributed by atoms with Crippen molar-refractivity contribution in [2.24, 2.45) is 5.41 Å². The average molecular weight is 400 g/mol. The highest BCUT2D eigenvalue weighted by Gasteiger charge is 2.56. The highest BCUT2D eigenvalue weighted by atomic mass is 32.1. The molecular formula is C21H25N3OS2. The number of nitrogens with one attached hydrogen (secondary N) is 1. The minimum Gasteiger partial charge on any atom is -0.497 e. The third-order valence-electron chi connectivity index (χ3n) is 6.13. The SMILES string of the molecule is COc1ccc2nc(CN(Cc3ccsc3)C3CC34CCNCC4)sc2c1. The Labute approximate surface area is 168 Å². The van der Waals surface area contributed by atoms with Crippen molar-refractivity contribution in [2.75, 3.05) is 20.2 Å². The molecule has 0 bridgehead atoms. The number of methoxy groups -OCH3 is 1. The lowest BCUT2D eigenvalue weighted by Crippen LogP contribution is -2.35. The summed E-state index contributed by atoms with van der Waals surface area (Å²) in [6, 6.07) is 9.13. The Morgan fingerprint density at radius 3 is 2.93 bits per heavy atom. The fourth-order valence-electron chi connectivity index (χ4n) is 4.52. The molecule has 1 aliphatic carbocycles. The van der Waals surface area contributed by atoms with Crippen molar-refractivity contribution in [3.05, 3.63) is 45.6 Å². The van der Waals surface area contributed by atoms with Crippen LogP contribution in [0.15, 0.2) is 35.0 Å². The molecule has 1 saturated carbocycles. The van der Waals surface area contributed by atoms with Crippen molar-refractivity contribution in [1.82, 2.24) is 15.2 Å². The number of aromatic nitrogens is 1. The molecule has 1 unspecified atom stereocenters. The highest BCUT2D eigenvalue weighted by Crippen LogP contribution is 2.56. The number of piperidine rings is 1. The molecule has 4 nitrogen and oxygen atoms in total. The molecule has 1 atom stereocenters. The number of fused-ring (bicyclic) bond motifs is 1. The minimum atomic E-state index is 0.543. The van der Waals surface area contributed by atoms with Gasteiger partial charge in [0.05, 0.1) is 23.9 Å². The topological polar surface area (TPSA) is 37.4 Å². The monoisotopic (exact) mass is 399 g/mol. The summed E-state index contributed by atoms with van der Waals surface area (Å²) in [5.74, 6) is 0.906. The molecule has 0 radical (unpaired) electrons. The molecule has 142 valence electrons. The number of thiophene rings is 1. The Kier molecular flexibility index (Phi) is 4.68. The lowest BCUT2D eigenvalue weighted by molar-refractivity contribution is 0.188. The molecule has 5 rings (SSSR count). The lowest BCUT2D eigenvalue weighted by atomic mass is 9.93. The van der Waals surface area contributed by atoms with Gasteiger partial charge in [-0.15, -0.1) is 11.3 Å². The van der Waals surface area contributed by atoms with E-state index >= 15 is 0 Å². The molecule has 2 aliphatic rings. The number of hydrogen-bond donors (Lipinski definition) is 1. The second kappa shape index (κ2) is 7.17. The molecular weight excluding hydrogens is 374 g/mol. The van der Waals surface area contributed by atoms with Crippen molar-refractivity contribution in [3.8, 4) is 5.75 Å². The quantitative estimate of drug-likeness (QED) is 0.662. The van der Waals surface area contributed by atoms with E-state index in [1.807, 2.05) is 6.07 Å². The number of thiazole rings is 1. The van der Waals surface area contributed by atoms with Crippen LogP contribution in [0.5, 0.6) is 5.75 Å². The van der Waals surface area contributed by atoms with Crippen LogP contribution in [0.25, 0.3) is 10.2 Å². The Morgan fingerprint density at radius 2 is 2.15 bits per heavy atom. The molecule has 1 spiro atoms. The first-order chi connectivity index (χ1) is 13.3. The van der Waals surface area contributed by atoms with Crippen molar-refractivity contribution in [1.29, 1.82) is 0 Å². The van der Waals surface area contributed by atoms with E-state index in [1.165, 1.54) is 47.6 Å². The summed E-state index contributed by atoms with van der Waals surface area (Å²) in [4.78, 5) is 7.60. The normalized spacial score (nSPS) is 21.2. The van der Waals surface area contributed by atoms with Crippen LogP contribution in [0.1, 0.15) is 29.8 Å². The molecule has 6 heteroatoms. The van der Waals surface area contributed by atoms with E-state index in [4.69, 9.17) is 9.72 Å². The average Bonchev–Trinajstić information content (AvgIpc) is 3.05. The van der Waals surface area contributed by atoms with E-state index in [1.54, 1.807) is 29.8 Å². The summed E-state index contributed by atoms with van der Waals surface area (Å²) in [6.45, 7) is 4.31. The van der Waals surface area contributed by atoms with E-state index in [0.717, 1.165) is 24.4 Å². The van der Waals surface area contributed by atoms with E-state index in [9.17, 15) is 0 Å². The van der Waals surface area contributed by atoms with Gasteiger partial charge in [0.1, 0.15) is 10.8 Å². The van der Waals surface area contributed by atoms with Gasteiger partial charge >= 0.3 is 0 Å². The summed E-state index contributed by atoms with van der Waals surface area (Å²) in [6.07, 6.45) is 3.97. The molecule has 1 aromatic carbocycles. The fourth-order valence-corrected chi connectivity index (χ4v) is 6.20. The largest absolute Gasteiger partial charge is 0.497 e. The molecule has 27 heavy (non-hydrogen) atoms. The zero-order chi connectivity index (χ0) is 18.3. The number of nitrogens with zero attached hydrogens (tertiary/aromatic N) is 2. The van der Waals surface area contributed by atoms with Gasteiger partial charge in [-0.3, -0.25) is 4.90 Å². The van der Waals surface area contributed by atoms with Gasteiger partial charge in [0.15, 0.2) is 0 Å². The molecule has 3 heterocycles. The summed E-state index contributed by atoms with van der Waals surface area (Å²) in [7, 11) is 1.72. The Morgan fingerprint density at radius 1 is 1.26 bits per heavy atom. The number of hydrogen-bond acceptors (Lipinski definition) is 6. The second-order valence-electron chi connectivity index (χ2n) is 7.81. The summed E-state index contributed by atoms with van der Waals surface area (Å²) in [5.41, 5.74) is 3.05. The zero-order valence-electron chi connectivity index (χ0n) is 15.6. The van der Waals surface area contributed by atoms with Crippen LogP contribution in [0.4, 0.5) is 0 Å². The summed E-state index contributed by atoms with van der Waals surface area (Å²) >= 11 is 3.60. The van der Waals surface area contributed by atoms with Crippen molar-refractivity contribution < 1.29 is 4.74 Å². The van der Waals surface area contributed by atoms with Crippen molar-refractivity contribution in [2.45, 2.75) is 38.4 Å². The maximum absolute atomic E-state index is 5.37. The third kappa shape index (κ3) is 3.51. The smallest absolute Gasteiger partial charge is 0.120 e. The molecule has 2 fully saturated rings. The van der Waals surface area contributed by atoms with E-state index < -0.39 is 0 Å². The molecule has 1 N–H and O–H groups in total. The fraction of sp³-hybridized carbons (Fsp3) is 0.476. The van der Waals surface area contributed by atoms with Gasteiger partial charge in [0.25, 0.3) is 0 Å². The lowest BCUT2D eigenvalue weighted by Gasteiger charge is -2.29. The molecule has 0 amide bonds. The molecule has 1 saturated heterocycles. The van der Waals surface area contributed by atoms with Gasteiger partial charge in [-0.25, -0.2) is 4.98 Å². The number of ether oxygens (including phenoxy) is 1. The standard InChI is InChI=1S/C21H25N3OS2/c1-25-16-2-3-17-18(10-16)27-20(23-17)13-24(12-15-4-9-26-14-15)19-11-21(19)5-7-22-8-6-21/h2-4,9-10,14,19,22H,5-8,11-13H2,1H3. The maximum atomic E-state index is 5.37. The van der Waals surface area contributed by atoms with Gasteiger partial charge in [-0.1, -0.05) is 0 Å². The zero-order valence-corrected chi connectivity index (χ0v) is 17.2. The first-order valence-electron chi connectivity index (χ1n) is 9.65. The van der Waals surface area contributed by atoms with Crippen LogP contribution in [0.3, 0.4) is 0 Å². The van der Waals surface area contributed by atoms with Crippen molar-refractivity contribution >= 4 is 32.9 Å². The van der Waals surface area contributed by atoms with Crippen LogP contribution in [-0.4, -0.2) is 36.1 Å². The van der Waals surface area contributed by atoms with Crippen LogP contribution < -0.4 is 10.1 Å². The third-order valence-corrected chi connectivity index (χ3v) is 7.87. The predicted octanol–water partition coefficient (Wildman–Crippen LogP) is 4.51. The number of rotatable bonds is 6. The number of benzene rings is 1. The van der Waals surface area contributed by atoms with Gasteiger partial charge in [0, 0.05) is 12.6 Å². The summed E-state index contributed by atoms with van der Waals surface area (Å²) in [5, 5.41) is 9.21. The van der Waals surface area contributed by atoms with Crippen LogP contribution >= 0.6 is 22.7 Å². The Bertz CT molecular complexity index is 915. The van der Waals surface area contributed by atoms with E-state index in [-0.39, 0.29) is 0 Å². The van der Waals surface area contributed by atoms with E-state index in [2.05, 4.69) is 39.2 Å².